The Bertz CT molecular complexity index is 328. The molecule has 1 saturated carbocycles. The molecule has 0 aromatic heterocycles. The predicted molar refractivity (Wildman–Crippen MR) is 69.4 cm³/mol. The summed E-state index contributed by atoms with van der Waals surface area (Å²) in [5.41, 5.74) is 0. The minimum Gasteiger partial charge on any atom is -0.314 e. The molecular formula is C12H24N2O2S. The summed E-state index contributed by atoms with van der Waals surface area (Å²) < 4.78 is 24.3. The molecular weight excluding hydrogens is 236 g/mol. The lowest BCUT2D eigenvalue weighted by atomic mass is 10.0. The molecule has 5 heteroatoms. The van der Waals surface area contributed by atoms with Crippen molar-refractivity contribution in [3.63, 3.8) is 0 Å². The second kappa shape index (κ2) is 5.67. The van der Waals surface area contributed by atoms with Crippen LogP contribution in [0.4, 0.5) is 0 Å². The fourth-order valence-electron chi connectivity index (χ4n) is 2.94. The maximum absolute atomic E-state index is 11.4. The monoisotopic (exact) mass is 260 g/mol. The van der Waals surface area contributed by atoms with Crippen molar-refractivity contribution in [2.75, 3.05) is 25.9 Å². The van der Waals surface area contributed by atoms with E-state index in [9.17, 15) is 8.42 Å². The van der Waals surface area contributed by atoms with Crippen molar-refractivity contribution in [1.82, 2.24) is 9.62 Å². The average molecular weight is 260 g/mol. The van der Waals surface area contributed by atoms with Gasteiger partial charge in [-0.15, -0.1) is 0 Å². The third-order valence-corrected chi connectivity index (χ3v) is 5.40. The molecule has 1 N–H and O–H groups in total. The Morgan fingerprint density at radius 3 is 2.24 bits per heavy atom. The van der Waals surface area contributed by atoms with Crippen LogP contribution < -0.4 is 5.32 Å². The van der Waals surface area contributed by atoms with Gasteiger partial charge in [0.05, 0.1) is 6.26 Å². The van der Waals surface area contributed by atoms with Gasteiger partial charge < -0.3 is 5.32 Å². The highest BCUT2D eigenvalue weighted by atomic mass is 32.2. The van der Waals surface area contributed by atoms with Crippen LogP contribution >= 0.6 is 0 Å². The van der Waals surface area contributed by atoms with Crippen LogP contribution in [0, 0.1) is 5.92 Å². The Morgan fingerprint density at radius 1 is 1.12 bits per heavy atom. The van der Waals surface area contributed by atoms with Gasteiger partial charge >= 0.3 is 0 Å². The third-order valence-electron chi connectivity index (χ3n) is 4.09. The number of piperidine rings is 1. The molecule has 0 aromatic carbocycles. The van der Waals surface area contributed by atoms with Gasteiger partial charge in [0.15, 0.2) is 0 Å². The molecule has 1 aliphatic carbocycles. The lowest BCUT2D eigenvalue weighted by Gasteiger charge is -2.31. The average Bonchev–Trinajstić information content (AvgIpc) is 2.78. The first kappa shape index (κ1) is 13.3. The molecule has 17 heavy (non-hydrogen) atoms. The van der Waals surface area contributed by atoms with Crippen molar-refractivity contribution in [3.05, 3.63) is 0 Å². The number of hydrogen-bond donors (Lipinski definition) is 1. The van der Waals surface area contributed by atoms with Crippen LogP contribution in [0.3, 0.4) is 0 Å². The number of rotatable bonds is 4. The van der Waals surface area contributed by atoms with Crippen molar-refractivity contribution in [2.24, 2.45) is 5.92 Å². The summed E-state index contributed by atoms with van der Waals surface area (Å²) in [5.74, 6) is 0.864. The minimum atomic E-state index is -2.97. The van der Waals surface area contributed by atoms with Crippen LogP contribution in [0.1, 0.15) is 38.5 Å². The molecule has 0 spiro atoms. The Balaban J connectivity index is 1.68. The topological polar surface area (TPSA) is 49.4 Å². The maximum atomic E-state index is 11.4. The summed E-state index contributed by atoms with van der Waals surface area (Å²) in [6.45, 7) is 2.49. The van der Waals surface area contributed by atoms with Crippen molar-refractivity contribution < 1.29 is 8.42 Å². The number of hydrogen-bond acceptors (Lipinski definition) is 3. The number of sulfonamides is 1. The zero-order valence-corrected chi connectivity index (χ0v) is 11.5. The molecule has 0 unspecified atom stereocenters. The maximum Gasteiger partial charge on any atom is 0.211 e. The van der Waals surface area contributed by atoms with Crippen LogP contribution in [0.5, 0.6) is 0 Å². The van der Waals surface area contributed by atoms with E-state index in [1.807, 2.05) is 0 Å². The van der Waals surface area contributed by atoms with Crippen LogP contribution in [0.2, 0.25) is 0 Å². The van der Waals surface area contributed by atoms with Crippen molar-refractivity contribution in [3.8, 4) is 0 Å². The smallest absolute Gasteiger partial charge is 0.211 e. The van der Waals surface area contributed by atoms with E-state index in [-0.39, 0.29) is 0 Å². The van der Waals surface area contributed by atoms with E-state index in [1.54, 1.807) is 4.31 Å². The Hall–Kier alpha value is -0.130. The van der Waals surface area contributed by atoms with Crippen molar-refractivity contribution >= 4 is 10.0 Å². The number of nitrogens with one attached hydrogen (secondary N) is 1. The summed E-state index contributed by atoms with van der Waals surface area (Å²) in [6.07, 6.45) is 8.74. The summed E-state index contributed by atoms with van der Waals surface area (Å²) in [7, 11) is -2.97. The van der Waals surface area contributed by atoms with Crippen molar-refractivity contribution in [1.29, 1.82) is 0 Å². The molecule has 2 fully saturated rings. The largest absolute Gasteiger partial charge is 0.314 e. The van der Waals surface area contributed by atoms with E-state index in [2.05, 4.69) is 5.32 Å². The second-order valence-corrected chi connectivity index (χ2v) is 7.48. The standard InChI is InChI=1S/C12H24N2O2S/c1-17(15,16)14-8-6-12(7-9-14)13-10-11-4-2-3-5-11/h11-13H,2-10H2,1H3. The highest BCUT2D eigenvalue weighted by Crippen LogP contribution is 2.24. The molecule has 2 aliphatic rings. The van der Waals surface area contributed by atoms with E-state index in [0.29, 0.717) is 19.1 Å². The van der Waals surface area contributed by atoms with Crippen LogP contribution in [-0.2, 0) is 10.0 Å². The predicted octanol–water partition coefficient (Wildman–Crippen LogP) is 1.19. The van der Waals surface area contributed by atoms with E-state index in [4.69, 9.17) is 0 Å². The van der Waals surface area contributed by atoms with Gasteiger partial charge in [0.25, 0.3) is 0 Å². The lowest BCUT2D eigenvalue weighted by molar-refractivity contribution is 0.281. The first-order valence-electron chi connectivity index (χ1n) is 6.74. The van der Waals surface area contributed by atoms with Crippen LogP contribution in [0.15, 0.2) is 0 Å². The Morgan fingerprint density at radius 2 is 1.71 bits per heavy atom. The quantitative estimate of drug-likeness (QED) is 0.826. The SMILES string of the molecule is CS(=O)(=O)N1CCC(NCC2CCCC2)CC1. The molecule has 0 aromatic rings. The summed E-state index contributed by atoms with van der Waals surface area (Å²) >= 11 is 0. The fraction of sp³-hybridized carbons (Fsp3) is 1.00. The normalized spacial score (nSPS) is 25.5. The zero-order valence-electron chi connectivity index (χ0n) is 10.7. The van der Waals surface area contributed by atoms with Crippen molar-refractivity contribution in [2.45, 2.75) is 44.6 Å². The van der Waals surface area contributed by atoms with E-state index in [1.165, 1.54) is 31.9 Å². The lowest BCUT2D eigenvalue weighted by Crippen LogP contribution is -2.45. The second-order valence-electron chi connectivity index (χ2n) is 5.50. The first-order chi connectivity index (χ1) is 8.05. The molecule has 2 rings (SSSR count). The Kier molecular flexibility index (Phi) is 4.44. The molecule has 100 valence electrons. The minimum absolute atomic E-state index is 0.522. The van der Waals surface area contributed by atoms with Gasteiger partial charge in [-0.2, -0.15) is 0 Å². The van der Waals surface area contributed by atoms with E-state index >= 15 is 0 Å². The fourth-order valence-corrected chi connectivity index (χ4v) is 3.81. The van der Waals surface area contributed by atoms with Crippen LogP contribution in [-0.4, -0.2) is 44.7 Å². The third kappa shape index (κ3) is 3.93. The summed E-state index contributed by atoms with van der Waals surface area (Å²) in [4.78, 5) is 0. The molecule has 0 bridgehead atoms. The van der Waals surface area contributed by atoms with E-state index < -0.39 is 10.0 Å². The highest BCUT2D eigenvalue weighted by Gasteiger charge is 2.25. The molecule has 1 heterocycles. The molecule has 1 saturated heterocycles. The number of nitrogens with zero attached hydrogens (tertiary/aromatic N) is 1. The van der Waals surface area contributed by atoms with E-state index in [0.717, 1.165) is 25.3 Å². The van der Waals surface area contributed by atoms with Gasteiger partial charge in [-0.3, -0.25) is 0 Å². The van der Waals surface area contributed by atoms with Gasteiger partial charge in [0, 0.05) is 19.1 Å². The van der Waals surface area contributed by atoms with Gasteiger partial charge in [-0.25, -0.2) is 12.7 Å². The molecule has 0 radical (unpaired) electrons. The van der Waals surface area contributed by atoms with Crippen LogP contribution in [0.25, 0.3) is 0 Å². The van der Waals surface area contributed by atoms with Gasteiger partial charge in [-0.05, 0) is 38.1 Å². The molecule has 4 nitrogen and oxygen atoms in total. The first-order valence-corrected chi connectivity index (χ1v) is 8.59. The molecule has 1 aliphatic heterocycles. The van der Waals surface area contributed by atoms with Gasteiger partial charge in [0.1, 0.15) is 0 Å². The zero-order chi connectivity index (χ0) is 12.3. The molecule has 0 amide bonds. The molecule has 0 atom stereocenters. The van der Waals surface area contributed by atoms with Gasteiger partial charge in [0.2, 0.25) is 10.0 Å². The summed E-state index contributed by atoms with van der Waals surface area (Å²) in [5, 5.41) is 3.61. The Labute approximate surface area is 105 Å². The highest BCUT2D eigenvalue weighted by molar-refractivity contribution is 7.88. The summed E-state index contributed by atoms with van der Waals surface area (Å²) in [6, 6.07) is 0.522. The van der Waals surface area contributed by atoms with Gasteiger partial charge in [-0.1, -0.05) is 12.8 Å².